The van der Waals surface area contributed by atoms with Crippen LogP contribution in [0.5, 0.6) is 0 Å². The summed E-state index contributed by atoms with van der Waals surface area (Å²) in [5.74, 6) is -1.59. The second kappa shape index (κ2) is 9.52. The number of rotatable bonds is 6. The summed E-state index contributed by atoms with van der Waals surface area (Å²) in [6.07, 6.45) is 3.80. The van der Waals surface area contributed by atoms with Gasteiger partial charge in [0.15, 0.2) is 11.4 Å². The van der Waals surface area contributed by atoms with E-state index < -0.39 is 11.6 Å². The molecule has 2 aliphatic rings. The number of ketones is 1. The van der Waals surface area contributed by atoms with E-state index >= 15 is 0 Å². The van der Waals surface area contributed by atoms with Crippen molar-refractivity contribution in [2.45, 2.75) is 78.9 Å². The minimum absolute atomic E-state index is 0.0512. The highest BCUT2D eigenvalue weighted by Crippen LogP contribution is 2.41. The van der Waals surface area contributed by atoms with Crippen LogP contribution in [0.4, 0.5) is 4.39 Å². The summed E-state index contributed by atoms with van der Waals surface area (Å²) in [4.78, 5) is 30.6. The molecule has 6 nitrogen and oxygen atoms in total. The van der Waals surface area contributed by atoms with Gasteiger partial charge in [0.05, 0.1) is 11.2 Å². The lowest BCUT2D eigenvalue weighted by Gasteiger charge is -2.33. The Morgan fingerprint density at radius 1 is 1.39 bits per heavy atom. The molecule has 3 N–H and O–H groups in total. The minimum Gasteiger partial charge on any atom is -0.458 e. The maximum absolute atomic E-state index is 14.8. The number of carbonyl (C=O) groups excluding carboxylic acids is 2. The molecule has 0 fully saturated rings. The largest absolute Gasteiger partial charge is 0.458 e. The van der Waals surface area contributed by atoms with Crippen LogP contribution in [-0.4, -0.2) is 34.1 Å². The second-order valence-electron chi connectivity index (χ2n) is 10.2. The van der Waals surface area contributed by atoms with Crippen LogP contribution in [0.25, 0.3) is 16.5 Å². The molecule has 1 aliphatic heterocycles. The molecule has 192 valence electrons. The molecule has 2 heterocycles. The van der Waals surface area contributed by atoms with E-state index in [0.29, 0.717) is 41.6 Å². The fourth-order valence-electron chi connectivity index (χ4n) is 5.56. The van der Waals surface area contributed by atoms with Crippen LogP contribution in [0.3, 0.4) is 0 Å². The molecule has 0 bridgehead atoms. The van der Waals surface area contributed by atoms with Gasteiger partial charge in [-0.3, -0.25) is 4.79 Å². The van der Waals surface area contributed by atoms with E-state index in [-0.39, 0.29) is 47.7 Å². The van der Waals surface area contributed by atoms with Gasteiger partial charge in [-0.1, -0.05) is 27.7 Å². The van der Waals surface area contributed by atoms with Crippen molar-refractivity contribution in [2.24, 2.45) is 11.7 Å². The number of esters is 1. The second-order valence-corrected chi connectivity index (χ2v) is 10.2. The molecule has 0 saturated heterocycles. The van der Waals surface area contributed by atoms with Gasteiger partial charge in [-0.05, 0) is 73.4 Å². The van der Waals surface area contributed by atoms with E-state index in [9.17, 15) is 19.1 Å². The van der Waals surface area contributed by atoms with Gasteiger partial charge in [0, 0.05) is 34.6 Å². The van der Waals surface area contributed by atoms with Crippen molar-refractivity contribution in [2.75, 3.05) is 6.61 Å². The molecule has 1 aromatic carbocycles. The maximum atomic E-state index is 14.8. The number of hydrogen-bond acceptors (Lipinski definition) is 6. The van der Waals surface area contributed by atoms with Crippen LogP contribution in [-0.2, 0) is 27.2 Å². The Labute approximate surface area is 211 Å². The monoisotopic (exact) mass is 494 g/mol. The van der Waals surface area contributed by atoms with E-state index in [1.807, 2.05) is 13.8 Å². The van der Waals surface area contributed by atoms with Crippen molar-refractivity contribution in [3.63, 3.8) is 0 Å². The van der Waals surface area contributed by atoms with Crippen LogP contribution in [0, 0.1) is 18.7 Å². The number of ether oxygens (including phenoxy) is 1. The fraction of sp³-hybridized carbons (Fsp3) is 0.483. The predicted molar refractivity (Wildman–Crippen MR) is 138 cm³/mol. The number of cyclic esters (lactones) is 1. The van der Waals surface area contributed by atoms with E-state index in [1.165, 1.54) is 6.07 Å². The van der Waals surface area contributed by atoms with Crippen LogP contribution in [0.1, 0.15) is 81.4 Å². The van der Waals surface area contributed by atoms with Crippen LogP contribution in [0.2, 0.25) is 0 Å². The van der Waals surface area contributed by atoms with Crippen LogP contribution >= 0.6 is 0 Å². The lowest BCUT2D eigenvalue weighted by Crippen LogP contribution is -2.46. The number of nitrogens with zero attached hydrogens (tertiary/aromatic N) is 1. The van der Waals surface area contributed by atoms with Gasteiger partial charge < -0.3 is 15.6 Å². The molecule has 2 atom stereocenters. The number of allylic oxidation sites excluding steroid dienone is 1. The van der Waals surface area contributed by atoms with Gasteiger partial charge in [-0.25, -0.2) is 14.2 Å². The maximum Gasteiger partial charge on any atom is 0.343 e. The molecule has 4 rings (SSSR count). The third kappa shape index (κ3) is 3.98. The Morgan fingerprint density at radius 2 is 2.08 bits per heavy atom. The number of aromatic nitrogens is 1. The average Bonchev–Trinajstić information content (AvgIpc) is 2.85. The number of carbonyl (C=O) groups is 2. The number of nitrogens with two attached hydrogens (primary N) is 1. The molecule has 0 spiro atoms. The highest BCUT2D eigenvalue weighted by atomic mass is 19.1. The third-order valence-corrected chi connectivity index (χ3v) is 7.70. The fourth-order valence-corrected chi connectivity index (χ4v) is 5.56. The molecule has 0 radical (unpaired) electrons. The SMILES string of the molecule is CCc1c(/C(C)=C/C2=C(C(=O)C(C)C)COC(=O)C2(O)CC)nc2cc(F)c(C)c3c2c1C(N)CC3. The number of benzene rings is 1. The number of pyridine rings is 1. The molecule has 1 aromatic heterocycles. The third-order valence-electron chi connectivity index (χ3n) is 7.70. The summed E-state index contributed by atoms with van der Waals surface area (Å²) in [6.45, 7) is 10.7. The molecule has 0 saturated carbocycles. The number of aryl methyl sites for hydroxylation is 1. The van der Waals surface area contributed by atoms with Crippen LogP contribution < -0.4 is 5.73 Å². The molecule has 2 unspecified atom stereocenters. The quantitative estimate of drug-likeness (QED) is 0.559. The van der Waals surface area contributed by atoms with E-state index in [4.69, 9.17) is 15.5 Å². The first-order valence-electron chi connectivity index (χ1n) is 12.7. The van der Waals surface area contributed by atoms with Gasteiger partial charge in [-0.2, -0.15) is 0 Å². The Balaban J connectivity index is 2.03. The summed E-state index contributed by atoms with van der Waals surface area (Å²) in [5.41, 5.74) is 10.6. The van der Waals surface area contributed by atoms with E-state index in [2.05, 4.69) is 0 Å². The van der Waals surface area contributed by atoms with E-state index in [0.717, 1.165) is 22.1 Å². The molecule has 2 aromatic rings. The van der Waals surface area contributed by atoms with Gasteiger partial charge in [0.25, 0.3) is 0 Å². The summed E-state index contributed by atoms with van der Waals surface area (Å²) < 4.78 is 20.0. The molecular formula is C29H35FN2O4. The van der Waals surface area contributed by atoms with Crippen molar-refractivity contribution in [3.8, 4) is 0 Å². The molecule has 1 aliphatic carbocycles. The number of aliphatic hydroxyl groups is 1. The van der Waals surface area contributed by atoms with E-state index in [1.54, 1.807) is 33.8 Å². The molecule has 36 heavy (non-hydrogen) atoms. The highest BCUT2D eigenvalue weighted by Gasteiger charge is 2.45. The lowest BCUT2D eigenvalue weighted by molar-refractivity contribution is -0.163. The van der Waals surface area contributed by atoms with Crippen molar-refractivity contribution in [1.29, 1.82) is 0 Å². The average molecular weight is 495 g/mol. The number of hydrogen-bond donors (Lipinski definition) is 2. The van der Waals surface area contributed by atoms with Crippen molar-refractivity contribution in [1.82, 2.24) is 4.98 Å². The van der Waals surface area contributed by atoms with Crippen LogP contribution in [0.15, 0.2) is 23.3 Å². The first-order valence-corrected chi connectivity index (χ1v) is 12.7. The van der Waals surface area contributed by atoms with Crippen molar-refractivity contribution >= 4 is 28.2 Å². The predicted octanol–water partition coefficient (Wildman–Crippen LogP) is 4.81. The molecule has 7 heteroatoms. The topological polar surface area (TPSA) is 103 Å². The Morgan fingerprint density at radius 3 is 2.69 bits per heavy atom. The first kappa shape index (κ1) is 26.2. The summed E-state index contributed by atoms with van der Waals surface area (Å²) >= 11 is 0. The Hall–Kier alpha value is -2.90. The zero-order chi connectivity index (χ0) is 26.5. The highest BCUT2D eigenvalue weighted by molar-refractivity contribution is 6.02. The Kier molecular flexibility index (Phi) is 6.92. The first-order chi connectivity index (χ1) is 17.0. The minimum atomic E-state index is -1.94. The van der Waals surface area contributed by atoms with Gasteiger partial charge in [-0.15, -0.1) is 0 Å². The normalized spacial score (nSPS) is 22.4. The summed E-state index contributed by atoms with van der Waals surface area (Å²) in [5, 5.41) is 12.3. The lowest BCUT2D eigenvalue weighted by atomic mass is 9.79. The molecular weight excluding hydrogens is 459 g/mol. The standard InChI is InChI=1S/C29H35FN2O4/c1-7-17-24-22(31)10-9-18-16(6)21(30)12-23(25(18)24)32-26(17)15(5)11-20-19(27(33)14(3)4)13-36-28(34)29(20,35)8-2/h11-12,14,22,35H,7-10,13,31H2,1-6H3/b15-11+. The van der Waals surface area contributed by atoms with Gasteiger partial charge in [0.2, 0.25) is 0 Å². The molecule has 0 amide bonds. The van der Waals surface area contributed by atoms with Gasteiger partial charge >= 0.3 is 5.97 Å². The Bertz CT molecular complexity index is 1340. The summed E-state index contributed by atoms with van der Waals surface area (Å²) in [6, 6.07) is 1.25. The summed E-state index contributed by atoms with van der Waals surface area (Å²) in [7, 11) is 0. The zero-order valence-electron chi connectivity index (χ0n) is 21.9. The zero-order valence-corrected chi connectivity index (χ0v) is 21.9. The number of Topliss-reactive ketones (excluding diaryl/α,β-unsaturated/α-hetero) is 1. The van der Waals surface area contributed by atoms with Gasteiger partial charge in [0.1, 0.15) is 12.4 Å². The smallest absolute Gasteiger partial charge is 0.343 e. The number of halogens is 1. The van der Waals surface area contributed by atoms with Crippen molar-refractivity contribution in [3.05, 3.63) is 57.1 Å². The van der Waals surface area contributed by atoms with Crippen molar-refractivity contribution < 1.29 is 23.8 Å².